The van der Waals surface area contributed by atoms with Gasteiger partial charge in [-0.2, -0.15) is 0 Å². The van der Waals surface area contributed by atoms with E-state index in [1.165, 1.54) is 0 Å². The molecule has 1 N–H and O–H groups in total. The lowest BCUT2D eigenvalue weighted by Gasteiger charge is -2.27. The molecule has 1 amide bonds. The first kappa shape index (κ1) is 14.3. The van der Waals surface area contributed by atoms with Crippen molar-refractivity contribution in [3.05, 3.63) is 0 Å². The van der Waals surface area contributed by atoms with Crippen molar-refractivity contribution in [2.45, 2.75) is 51.9 Å². The fourth-order valence-electron chi connectivity index (χ4n) is 1.95. The maximum absolute atomic E-state index is 11.9. The van der Waals surface area contributed by atoms with E-state index in [0.717, 1.165) is 0 Å². The Morgan fingerprint density at radius 2 is 2.12 bits per heavy atom. The van der Waals surface area contributed by atoms with E-state index in [4.69, 9.17) is 9.47 Å². The Hall–Kier alpha value is -0.810. The van der Waals surface area contributed by atoms with Crippen LogP contribution in [0, 0.1) is 0 Å². The molecule has 1 fully saturated rings. The standard InChI is InChI=1S/C12H23NO4/c1-5-16-10-6-9(8-14)13(7-10)11(15)17-12(2,3)4/h9-10,14H,5-8H2,1-4H3/t9-,10+/m0/s1. The number of hydrogen-bond donors (Lipinski definition) is 1. The molecule has 0 aliphatic carbocycles. The Bertz CT molecular complexity index is 262. The number of amides is 1. The van der Waals surface area contributed by atoms with Crippen LogP contribution >= 0.6 is 0 Å². The van der Waals surface area contributed by atoms with E-state index >= 15 is 0 Å². The van der Waals surface area contributed by atoms with Gasteiger partial charge in [0.25, 0.3) is 0 Å². The Morgan fingerprint density at radius 3 is 2.59 bits per heavy atom. The summed E-state index contributed by atoms with van der Waals surface area (Å²) in [6, 6.07) is -0.193. The molecule has 0 aromatic rings. The molecule has 5 heteroatoms. The largest absolute Gasteiger partial charge is 0.444 e. The summed E-state index contributed by atoms with van der Waals surface area (Å²) in [7, 11) is 0. The zero-order valence-corrected chi connectivity index (χ0v) is 11.1. The number of rotatable bonds is 3. The van der Waals surface area contributed by atoms with Gasteiger partial charge in [0, 0.05) is 6.61 Å². The van der Waals surface area contributed by atoms with Crippen molar-refractivity contribution in [3.63, 3.8) is 0 Å². The molecule has 0 aromatic heterocycles. The van der Waals surface area contributed by atoms with Crippen LogP contribution in [0.15, 0.2) is 0 Å². The fraction of sp³-hybridized carbons (Fsp3) is 0.917. The van der Waals surface area contributed by atoms with Crippen LogP contribution < -0.4 is 0 Å². The maximum atomic E-state index is 11.9. The molecule has 100 valence electrons. The zero-order valence-electron chi connectivity index (χ0n) is 11.1. The molecule has 0 unspecified atom stereocenters. The predicted molar refractivity (Wildman–Crippen MR) is 63.8 cm³/mol. The normalized spacial score (nSPS) is 25.1. The predicted octanol–water partition coefficient (Wildman–Crippen LogP) is 1.39. The van der Waals surface area contributed by atoms with Gasteiger partial charge in [-0.25, -0.2) is 4.79 Å². The van der Waals surface area contributed by atoms with E-state index < -0.39 is 5.60 Å². The first-order valence-corrected chi connectivity index (χ1v) is 6.09. The summed E-state index contributed by atoms with van der Waals surface area (Å²) in [6.07, 6.45) is 0.298. The lowest BCUT2D eigenvalue weighted by atomic mass is 10.2. The minimum Gasteiger partial charge on any atom is -0.444 e. The van der Waals surface area contributed by atoms with Gasteiger partial charge in [-0.1, -0.05) is 0 Å². The smallest absolute Gasteiger partial charge is 0.410 e. The van der Waals surface area contributed by atoms with E-state index in [9.17, 15) is 9.90 Å². The lowest BCUT2D eigenvalue weighted by molar-refractivity contribution is 0.0140. The van der Waals surface area contributed by atoms with Gasteiger partial charge < -0.3 is 19.5 Å². The van der Waals surface area contributed by atoms with Crippen LogP contribution in [0.3, 0.4) is 0 Å². The first-order chi connectivity index (χ1) is 7.87. The van der Waals surface area contributed by atoms with E-state index in [1.54, 1.807) is 4.90 Å². The van der Waals surface area contributed by atoms with Crippen LogP contribution in [0.5, 0.6) is 0 Å². The van der Waals surface area contributed by atoms with Crippen molar-refractivity contribution in [1.82, 2.24) is 4.90 Å². The van der Waals surface area contributed by atoms with Crippen molar-refractivity contribution in [2.24, 2.45) is 0 Å². The molecule has 0 saturated carbocycles. The molecule has 0 bridgehead atoms. The highest BCUT2D eigenvalue weighted by Gasteiger charge is 2.37. The van der Waals surface area contributed by atoms with Crippen LogP contribution in [0.1, 0.15) is 34.1 Å². The number of carbonyl (C=O) groups excluding carboxylic acids is 1. The summed E-state index contributed by atoms with van der Waals surface area (Å²) in [5.74, 6) is 0. The summed E-state index contributed by atoms with van der Waals surface area (Å²) in [5.41, 5.74) is -0.513. The summed E-state index contributed by atoms with van der Waals surface area (Å²) >= 11 is 0. The van der Waals surface area contributed by atoms with Crippen molar-refractivity contribution < 1.29 is 19.4 Å². The van der Waals surface area contributed by atoms with Gasteiger partial charge in [-0.3, -0.25) is 0 Å². The van der Waals surface area contributed by atoms with Crippen LogP contribution in [0.2, 0.25) is 0 Å². The first-order valence-electron chi connectivity index (χ1n) is 6.09. The quantitative estimate of drug-likeness (QED) is 0.816. The molecule has 0 spiro atoms. The monoisotopic (exact) mass is 245 g/mol. The minimum absolute atomic E-state index is 0.00432. The number of aliphatic hydroxyl groups is 1. The molecular formula is C12H23NO4. The molecule has 2 atom stereocenters. The third-order valence-electron chi connectivity index (χ3n) is 2.62. The van der Waals surface area contributed by atoms with Gasteiger partial charge in [0.05, 0.1) is 25.3 Å². The van der Waals surface area contributed by atoms with Crippen LogP contribution in [0.25, 0.3) is 0 Å². The topological polar surface area (TPSA) is 59.0 Å². The van der Waals surface area contributed by atoms with E-state index in [2.05, 4.69) is 0 Å². The number of likely N-dealkylation sites (tertiary alicyclic amines) is 1. The van der Waals surface area contributed by atoms with Crippen molar-refractivity contribution in [3.8, 4) is 0 Å². The van der Waals surface area contributed by atoms with E-state index in [-0.39, 0.29) is 24.8 Å². The summed E-state index contributed by atoms with van der Waals surface area (Å²) in [6.45, 7) is 8.46. The number of ether oxygens (including phenoxy) is 2. The molecule has 1 aliphatic heterocycles. The lowest BCUT2D eigenvalue weighted by Crippen LogP contribution is -2.41. The molecule has 1 heterocycles. The van der Waals surface area contributed by atoms with Crippen molar-refractivity contribution in [1.29, 1.82) is 0 Å². The van der Waals surface area contributed by atoms with Gasteiger partial charge in [-0.05, 0) is 34.1 Å². The van der Waals surface area contributed by atoms with Crippen LogP contribution in [0.4, 0.5) is 4.79 Å². The zero-order chi connectivity index (χ0) is 13.1. The molecule has 17 heavy (non-hydrogen) atoms. The van der Waals surface area contributed by atoms with Crippen molar-refractivity contribution in [2.75, 3.05) is 19.8 Å². The van der Waals surface area contributed by atoms with Crippen molar-refractivity contribution >= 4 is 6.09 Å². The van der Waals surface area contributed by atoms with Gasteiger partial charge in [-0.15, -0.1) is 0 Å². The third kappa shape index (κ3) is 4.16. The Balaban J connectivity index is 2.59. The molecule has 5 nitrogen and oxygen atoms in total. The summed E-state index contributed by atoms with van der Waals surface area (Å²) in [4.78, 5) is 13.5. The van der Waals surface area contributed by atoms with E-state index in [1.807, 2.05) is 27.7 Å². The molecular weight excluding hydrogens is 222 g/mol. The summed E-state index contributed by atoms with van der Waals surface area (Å²) < 4.78 is 10.8. The molecule has 0 aromatic carbocycles. The SMILES string of the molecule is CCO[C@@H]1C[C@@H](CO)N(C(=O)OC(C)(C)C)C1. The molecule has 0 radical (unpaired) electrons. The number of carbonyl (C=O) groups is 1. The molecule has 1 aliphatic rings. The van der Waals surface area contributed by atoms with Gasteiger partial charge in [0.15, 0.2) is 0 Å². The highest BCUT2D eigenvalue weighted by molar-refractivity contribution is 5.69. The van der Waals surface area contributed by atoms with E-state index in [0.29, 0.717) is 19.6 Å². The maximum Gasteiger partial charge on any atom is 0.410 e. The van der Waals surface area contributed by atoms with Gasteiger partial charge in [0.1, 0.15) is 5.60 Å². The Morgan fingerprint density at radius 1 is 1.47 bits per heavy atom. The Labute approximate surface area is 103 Å². The second kappa shape index (κ2) is 5.69. The second-order valence-corrected chi connectivity index (χ2v) is 5.28. The number of aliphatic hydroxyl groups excluding tert-OH is 1. The number of nitrogens with zero attached hydrogens (tertiary/aromatic N) is 1. The van der Waals surface area contributed by atoms with Gasteiger partial charge >= 0.3 is 6.09 Å². The molecule has 1 rings (SSSR count). The Kier molecular flexibility index (Phi) is 4.77. The minimum atomic E-state index is -0.513. The third-order valence-corrected chi connectivity index (χ3v) is 2.62. The van der Waals surface area contributed by atoms with Crippen LogP contribution in [-0.4, -0.2) is 53.6 Å². The van der Waals surface area contributed by atoms with Crippen LogP contribution in [-0.2, 0) is 9.47 Å². The average Bonchev–Trinajstić information content (AvgIpc) is 2.59. The highest BCUT2D eigenvalue weighted by atomic mass is 16.6. The highest BCUT2D eigenvalue weighted by Crippen LogP contribution is 2.22. The van der Waals surface area contributed by atoms with Gasteiger partial charge in [0.2, 0.25) is 0 Å². The summed E-state index contributed by atoms with van der Waals surface area (Å²) in [5, 5.41) is 9.26. The average molecular weight is 245 g/mol. The second-order valence-electron chi connectivity index (χ2n) is 5.28. The fourth-order valence-corrected chi connectivity index (χ4v) is 1.95. The molecule has 1 saturated heterocycles. The number of hydrogen-bond acceptors (Lipinski definition) is 4.